The van der Waals surface area contributed by atoms with Gasteiger partial charge in [0.15, 0.2) is 0 Å². The largest absolute Gasteiger partial charge is 0.496 e. The van der Waals surface area contributed by atoms with Crippen molar-refractivity contribution in [3.05, 3.63) is 33.9 Å². The van der Waals surface area contributed by atoms with Gasteiger partial charge in [0.05, 0.1) is 37.7 Å². The summed E-state index contributed by atoms with van der Waals surface area (Å²) in [5.41, 5.74) is -0.0604. The van der Waals surface area contributed by atoms with Crippen LogP contribution in [0.4, 0.5) is 5.69 Å². The Balaban J connectivity index is 3.00. The van der Waals surface area contributed by atoms with Crippen LogP contribution in [0.1, 0.15) is 18.1 Å². The molecule has 0 aliphatic rings. The molecular weight excluding hydrogens is 270 g/mol. The number of methoxy groups -OCH3 is 2. The predicted octanol–water partition coefficient (Wildman–Crippen LogP) is 0.561. The van der Waals surface area contributed by atoms with Gasteiger partial charge in [0.25, 0.3) is 5.69 Å². The van der Waals surface area contributed by atoms with Crippen molar-refractivity contribution >= 4 is 11.7 Å². The van der Waals surface area contributed by atoms with Crippen LogP contribution in [0.3, 0.4) is 0 Å². The van der Waals surface area contributed by atoms with Crippen molar-refractivity contribution in [2.45, 2.75) is 18.6 Å². The van der Waals surface area contributed by atoms with Crippen molar-refractivity contribution in [2.75, 3.05) is 14.2 Å². The summed E-state index contributed by atoms with van der Waals surface area (Å²) >= 11 is 0. The van der Waals surface area contributed by atoms with Gasteiger partial charge in [-0.2, -0.15) is 0 Å². The van der Waals surface area contributed by atoms with E-state index in [-0.39, 0.29) is 17.0 Å². The number of nitro groups is 1. The first-order chi connectivity index (χ1) is 9.40. The lowest BCUT2D eigenvalue weighted by atomic mass is 10.0. The minimum Gasteiger partial charge on any atom is -0.496 e. The van der Waals surface area contributed by atoms with Crippen LogP contribution in [0.2, 0.25) is 0 Å². The first kappa shape index (κ1) is 15.9. The number of carbonyl (C=O) groups is 1. The Labute approximate surface area is 114 Å². The van der Waals surface area contributed by atoms with E-state index >= 15 is 0 Å². The van der Waals surface area contributed by atoms with Gasteiger partial charge in [-0.05, 0) is 6.07 Å². The zero-order valence-corrected chi connectivity index (χ0v) is 11.0. The van der Waals surface area contributed by atoms with E-state index in [4.69, 9.17) is 4.74 Å². The number of hydrogen-bond acceptors (Lipinski definition) is 7. The molecule has 8 heteroatoms. The van der Waals surface area contributed by atoms with Gasteiger partial charge in [-0.25, -0.2) is 0 Å². The lowest BCUT2D eigenvalue weighted by molar-refractivity contribution is -0.385. The molecule has 1 aromatic carbocycles. The zero-order valence-electron chi connectivity index (χ0n) is 11.0. The molecule has 0 spiro atoms. The molecule has 0 bridgehead atoms. The Hall–Kier alpha value is -2.19. The molecule has 0 saturated carbocycles. The molecule has 0 fully saturated rings. The number of nitrogens with zero attached hydrogens (tertiary/aromatic N) is 1. The number of rotatable bonds is 6. The third-order valence-corrected chi connectivity index (χ3v) is 2.71. The quantitative estimate of drug-likeness (QED) is 0.445. The third kappa shape index (κ3) is 3.65. The van der Waals surface area contributed by atoms with Crippen molar-refractivity contribution in [1.82, 2.24) is 0 Å². The predicted molar refractivity (Wildman–Crippen MR) is 67.2 cm³/mol. The maximum absolute atomic E-state index is 11.0. The maximum Gasteiger partial charge on any atom is 0.308 e. The normalized spacial score (nSPS) is 13.4. The summed E-state index contributed by atoms with van der Waals surface area (Å²) in [5, 5.41) is 30.3. The molecule has 0 amide bonds. The highest BCUT2D eigenvalue weighted by molar-refractivity contribution is 5.69. The van der Waals surface area contributed by atoms with Gasteiger partial charge in [0.1, 0.15) is 11.9 Å². The number of ether oxygens (including phenoxy) is 2. The number of aliphatic hydroxyl groups is 2. The van der Waals surface area contributed by atoms with Gasteiger partial charge in [-0.3, -0.25) is 14.9 Å². The minimum atomic E-state index is -1.43. The highest BCUT2D eigenvalue weighted by atomic mass is 16.6. The van der Waals surface area contributed by atoms with Crippen LogP contribution < -0.4 is 4.74 Å². The van der Waals surface area contributed by atoms with Gasteiger partial charge in [-0.1, -0.05) is 0 Å². The SMILES string of the molecule is COC(=O)CC(O)C(O)c1ccc([N+](=O)[O-])cc1OC. The summed E-state index contributed by atoms with van der Waals surface area (Å²) in [7, 11) is 2.44. The second kappa shape index (κ2) is 6.83. The van der Waals surface area contributed by atoms with E-state index < -0.39 is 29.5 Å². The fourth-order valence-electron chi connectivity index (χ4n) is 1.63. The average molecular weight is 285 g/mol. The van der Waals surface area contributed by atoms with Gasteiger partial charge in [0, 0.05) is 11.6 Å². The minimum absolute atomic E-state index is 0.0515. The van der Waals surface area contributed by atoms with E-state index in [1.54, 1.807) is 0 Å². The second-order valence-corrected chi connectivity index (χ2v) is 3.98. The first-order valence-corrected chi connectivity index (χ1v) is 5.66. The molecule has 2 unspecified atom stereocenters. The van der Waals surface area contributed by atoms with Gasteiger partial charge in [-0.15, -0.1) is 0 Å². The molecule has 0 aliphatic carbocycles. The molecular formula is C12H15NO7. The standard InChI is InChI=1S/C12H15NO7/c1-19-10-5-7(13(17)18)3-4-8(10)12(16)9(14)6-11(15)20-2/h3-5,9,12,14,16H,6H2,1-2H3. The van der Waals surface area contributed by atoms with Crippen molar-refractivity contribution in [1.29, 1.82) is 0 Å². The first-order valence-electron chi connectivity index (χ1n) is 5.66. The van der Waals surface area contributed by atoms with E-state index in [1.807, 2.05) is 0 Å². The summed E-state index contributed by atoms with van der Waals surface area (Å²) in [6.45, 7) is 0. The molecule has 2 atom stereocenters. The fourth-order valence-corrected chi connectivity index (χ4v) is 1.63. The summed E-state index contributed by atoms with van der Waals surface area (Å²) in [5.74, 6) is -0.631. The van der Waals surface area contributed by atoms with E-state index in [1.165, 1.54) is 19.2 Å². The Kier molecular flexibility index (Phi) is 5.42. The van der Waals surface area contributed by atoms with Crippen LogP contribution in [0.25, 0.3) is 0 Å². The van der Waals surface area contributed by atoms with Gasteiger partial charge in [0.2, 0.25) is 0 Å². The smallest absolute Gasteiger partial charge is 0.308 e. The van der Waals surface area contributed by atoms with Gasteiger partial charge < -0.3 is 19.7 Å². The molecule has 2 N–H and O–H groups in total. The molecule has 1 aromatic rings. The van der Waals surface area contributed by atoms with Crippen LogP contribution in [-0.2, 0) is 9.53 Å². The molecule has 0 aliphatic heterocycles. The summed E-state index contributed by atoms with van der Waals surface area (Å²) in [6.07, 6.45) is -3.24. The Bertz CT molecular complexity index is 503. The number of hydrogen-bond donors (Lipinski definition) is 2. The fraction of sp³-hybridized carbons (Fsp3) is 0.417. The molecule has 8 nitrogen and oxygen atoms in total. The number of esters is 1. The number of nitro benzene ring substituents is 1. The molecule has 0 saturated heterocycles. The molecule has 20 heavy (non-hydrogen) atoms. The number of aliphatic hydroxyl groups excluding tert-OH is 2. The Morgan fingerprint density at radius 3 is 2.55 bits per heavy atom. The highest BCUT2D eigenvalue weighted by Gasteiger charge is 2.25. The van der Waals surface area contributed by atoms with E-state index in [2.05, 4.69) is 4.74 Å². The van der Waals surface area contributed by atoms with Crippen LogP contribution in [0.5, 0.6) is 5.75 Å². The van der Waals surface area contributed by atoms with Crippen LogP contribution >= 0.6 is 0 Å². The lowest BCUT2D eigenvalue weighted by Crippen LogP contribution is -2.23. The van der Waals surface area contributed by atoms with Gasteiger partial charge >= 0.3 is 5.97 Å². The van der Waals surface area contributed by atoms with Crippen LogP contribution in [0, 0.1) is 10.1 Å². The molecule has 0 heterocycles. The van der Waals surface area contributed by atoms with Crippen molar-refractivity contribution in [3.63, 3.8) is 0 Å². The summed E-state index contributed by atoms with van der Waals surface area (Å²) in [4.78, 5) is 21.1. The Morgan fingerprint density at radius 1 is 1.40 bits per heavy atom. The monoisotopic (exact) mass is 285 g/mol. The molecule has 1 rings (SSSR count). The highest BCUT2D eigenvalue weighted by Crippen LogP contribution is 2.31. The zero-order chi connectivity index (χ0) is 15.3. The number of non-ortho nitro benzene ring substituents is 1. The van der Waals surface area contributed by atoms with E-state index in [9.17, 15) is 25.1 Å². The summed E-state index contributed by atoms with van der Waals surface area (Å²) in [6, 6.07) is 3.57. The van der Waals surface area contributed by atoms with E-state index in [0.29, 0.717) is 0 Å². The van der Waals surface area contributed by atoms with Crippen molar-refractivity contribution < 1.29 is 29.4 Å². The number of benzene rings is 1. The molecule has 0 aromatic heterocycles. The van der Waals surface area contributed by atoms with Crippen LogP contribution in [0.15, 0.2) is 18.2 Å². The maximum atomic E-state index is 11.0. The number of carbonyl (C=O) groups excluding carboxylic acids is 1. The topological polar surface area (TPSA) is 119 Å². The molecule has 110 valence electrons. The molecule has 0 radical (unpaired) electrons. The average Bonchev–Trinajstić information content (AvgIpc) is 2.45. The van der Waals surface area contributed by atoms with Crippen LogP contribution in [-0.4, -0.2) is 41.4 Å². The van der Waals surface area contributed by atoms with E-state index in [0.717, 1.165) is 13.2 Å². The summed E-state index contributed by atoms with van der Waals surface area (Å²) < 4.78 is 9.33. The lowest BCUT2D eigenvalue weighted by Gasteiger charge is -2.19. The third-order valence-electron chi connectivity index (χ3n) is 2.71. The Morgan fingerprint density at radius 2 is 2.05 bits per heavy atom. The second-order valence-electron chi connectivity index (χ2n) is 3.98. The van der Waals surface area contributed by atoms with Crippen molar-refractivity contribution in [2.24, 2.45) is 0 Å². The van der Waals surface area contributed by atoms with Crippen molar-refractivity contribution in [3.8, 4) is 5.75 Å².